The first-order valence-corrected chi connectivity index (χ1v) is 5.96. The lowest BCUT2D eigenvalue weighted by Crippen LogP contribution is -2.28. The number of benzene rings is 1. The molecule has 1 aromatic carbocycles. The molecule has 0 aliphatic rings. The minimum Gasteiger partial charge on any atom is -0.495 e. The van der Waals surface area contributed by atoms with E-state index in [1.807, 2.05) is 18.2 Å². The fraction of sp³-hybridized carbons (Fsp3) is 0.333. The SMILES string of the molecule is C=CCC(NN)c1ccc(OC)c(Br)c1OC. The summed E-state index contributed by atoms with van der Waals surface area (Å²) in [5.74, 6) is 6.97. The lowest BCUT2D eigenvalue weighted by atomic mass is 10.0. The van der Waals surface area contributed by atoms with E-state index in [4.69, 9.17) is 15.3 Å². The van der Waals surface area contributed by atoms with Crippen LogP contribution in [0.4, 0.5) is 0 Å². The van der Waals surface area contributed by atoms with E-state index in [-0.39, 0.29) is 6.04 Å². The van der Waals surface area contributed by atoms with E-state index in [0.717, 1.165) is 15.8 Å². The zero-order chi connectivity index (χ0) is 12.8. The van der Waals surface area contributed by atoms with Crippen molar-refractivity contribution in [1.29, 1.82) is 0 Å². The Morgan fingerprint density at radius 2 is 2.18 bits per heavy atom. The van der Waals surface area contributed by atoms with Crippen molar-refractivity contribution < 1.29 is 9.47 Å². The van der Waals surface area contributed by atoms with Gasteiger partial charge in [0.25, 0.3) is 0 Å². The quantitative estimate of drug-likeness (QED) is 0.482. The molecule has 0 saturated carbocycles. The Morgan fingerprint density at radius 1 is 1.47 bits per heavy atom. The van der Waals surface area contributed by atoms with Crippen LogP contribution in [0.2, 0.25) is 0 Å². The van der Waals surface area contributed by atoms with E-state index in [1.54, 1.807) is 14.2 Å². The van der Waals surface area contributed by atoms with E-state index in [9.17, 15) is 0 Å². The van der Waals surface area contributed by atoms with Gasteiger partial charge in [-0.25, -0.2) is 0 Å². The van der Waals surface area contributed by atoms with Gasteiger partial charge in [-0.2, -0.15) is 0 Å². The molecule has 1 unspecified atom stereocenters. The summed E-state index contributed by atoms with van der Waals surface area (Å²) < 4.78 is 11.4. The number of methoxy groups -OCH3 is 2. The molecule has 0 aliphatic carbocycles. The number of hydrogen-bond donors (Lipinski definition) is 2. The summed E-state index contributed by atoms with van der Waals surface area (Å²) in [6.45, 7) is 3.71. The fourth-order valence-corrected chi connectivity index (χ4v) is 2.33. The van der Waals surface area contributed by atoms with Gasteiger partial charge >= 0.3 is 0 Å². The summed E-state index contributed by atoms with van der Waals surface area (Å²) >= 11 is 3.46. The average Bonchev–Trinajstić information content (AvgIpc) is 2.35. The van der Waals surface area contributed by atoms with Crippen LogP contribution in [0, 0.1) is 0 Å². The van der Waals surface area contributed by atoms with E-state index >= 15 is 0 Å². The second kappa shape index (κ2) is 6.64. The highest BCUT2D eigenvalue weighted by atomic mass is 79.9. The Hall–Kier alpha value is -1.04. The normalized spacial score (nSPS) is 12.0. The van der Waals surface area contributed by atoms with Gasteiger partial charge in [0.1, 0.15) is 16.0 Å². The summed E-state index contributed by atoms with van der Waals surface area (Å²) in [6.07, 6.45) is 2.52. The second-order valence-electron chi connectivity index (χ2n) is 3.45. The topological polar surface area (TPSA) is 56.5 Å². The molecule has 0 aromatic heterocycles. The summed E-state index contributed by atoms with van der Waals surface area (Å²) in [4.78, 5) is 0. The van der Waals surface area contributed by atoms with Crippen molar-refractivity contribution in [1.82, 2.24) is 5.43 Å². The third kappa shape index (κ3) is 3.00. The average molecular weight is 301 g/mol. The van der Waals surface area contributed by atoms with Crippen molar-refractivity contribution in [3.63, 3.8) is 0 Å². The Kier molecular flexibility index (Phi) is 5.47. The van der Waals surface area contributed by atoms with Crippen LogP contribution >= 0.6 is 15.9 Å². The molecule has 0 amide bonds. The van der Waals surface area contributed by atoms with E-state index in [0.29, 0.717) is 12.2 Å². The maximum absolute atomic E-state index is 5.54. The van der Waals surface area contributed by atoms with Crippen molar-refractivity contribution >= 4 is 15.9 Å². The highest BCUT2D eigenvalue weighted by molar-refractivity contribution is 9.10. The van der Waals surface area contributed by atoms with Gasteiger partial charge in [-0.05, 0) is 34.5 Å². The van der Waals surface area contributed by atoms with Gasteiger partial charge in [0, 0.05) is 5.56 Å². The molecule has 1 atom stereocenters. The largest absolute Gasteiger partial charge is 0.495 e. The molecule has 0 aliphatic heterocycles. The fourth-order valence-electron chi connectivity index (χ4n) is 1.64. The smallest absolute Gasteiger partial charge is 0.141 e. The molecule has 0 saturated heterocycles. The molecule has 0 spiro atoms. The van der Waals surface area contributed by atoms with Crippen LogP contribution in [0.15, 0.2) is 29.3 Å². The molecule has 0 fully saturated rings. The molecule has 5 heteroatoms. The van der Waals surface area contributed by atoms with Crippen molar-refractivity contribution in [3.05, 3.63) is 34.8 Å². The number of hydrazine groups is 1. The third-order valence-corrected chi connectivity index (χ3v) is 3.25. The monoisotopic (exact) mass is 300 g/mol. The minimum absolute atomic E-state index is 0.0374. The molecule has 3 N–H and O–H groups in total. The van der Waals surface area contributed by atoms with Crippen molar-refractivity contribution in [3.8, 4) is 11.5 Å². The lowest BCUT2D eigenvalue weighted by molar-refractivity contribution is 0.380. The van der Waals surface area contributed by atoms with Gasteiger partial charge in [-0.1, -0.05) is 6.08 Å². The third-order valence-electron chi connectivity index (χ3n) is 2.50. The molecule has 4 nitrogen and oxygen atoms in total. The molecule has 17 heavy (non-hydrogen) atoms. The first-order chi connectivity index (χ1) is 8.19. The van der Waals surface area contributed by atoms with Gasteiger partial charge in [0.05, 0.1) is 20.3 Å². The van der Waals surface area contributed by atoms with Gasteiger partial charge in [0.2, 0.25) is 0 Å². The van der Waals surface area contributed by atoms with E-state index < -0.39 is 0 Å². The summed E-state index contributed by atoms with van der Waals surface area (Å²) in [7, 11) is 3.23. The zero-order valence-electron chi connectivity index (χ0n) is 10.00. The van der Waals surface area contributed by atoms with Gasteiger partial charge in [-0.3, -0.25) is 11.3 Å². The highest BCUT2D eigenvalue weighted by Crippen LogP contribution is 2.40. The summed E-state index contributed by atoms with van der Waals surface area (Å²) in [6, 6.07) is 3.76. The number of nitrogens with two attached hydrogens (primary N) is 1. The molecule has 0 radical (unpaired) electrons. The van der Waals surface area contributed by atoms with E-state index in [2.05, 4.69) is 27.9 Å². The molecular formula is C12H17BrN2O2. The Balaban J connectivity index is 3.23. The molecule has 94 valence electrons. The number of rotatable bonds is 6. The molecule has 0 heterocycles. The number of halogens is 1. The molecular weight excluding hydrogens is 284 g/mol. The second-order valence-corrected chi connectivity index (χ2v) is 4.24. The van der Waals surface area contributed by atoms with E-state index in [1.165, 1.54) is 0 Å². The van der Waals surface area contributed by atoms with Crippen molar-refractivity contribution in [2.45, 2.75) is 12.5 Å². The van der Waals surface area contributed by atoms with Crippen LogP contribution in [0.1, 0.15) is 18.0 Å². The van der Waals surface area contributed by atoms with Crippen LogP contribution in [-0.2, 0) is 0 Å². The maximum atomic E-state index is 5.54. The molecule has 0 bridgehead atoms. The minimum atomic E-state index is -0.0374. The number of nitrogens with one attached hydrogen (secondary N) is 1. The van der Waals surface area contributed by atoms with Crippen molar-refractivity contribution in [2.24, 2.45) is 5.84 Å². The zero-order valence-corrected chi connectivity index (χ0v) is 11.6. The summed E-state index contributed by atoms with van der Waals surface area (Å²) in [5.41, 5.74) is 3.71. The Morgan fingerprint density at radius 3 is 2.65 bits per heavy atom. The van der Waals surface area contributed by atoms with Gasteiger partial charge < -0.3 is 9.47 Å². The first kappa shape index (κ1) is 14.0. The van der Waals surface area contributed by atoms with Crippen molar-refractivity contribution in [2.75, 3.05) is 14.2 Å². The van der Waals surface area contributed by atoms with Gasteiger partial charge in [-0.15, -0.1) is 6.58 Å². The predicted molar refractivity (Wildman–Crippen MR) is 72.1 cm³/mol. The predicted octanol–water partition coefficient (Wildman–Crippen LogP) is 2.55. The van der Waals surface area contributed by atoms with Crippen LogP contribution in [0.3, 0.4) is 0 Å². The molecule has 1 aromatic rings. The Bertz CT molecular complexity index is 396. The number of ether oxygens (including phenoxy) is 2. The highest BCUT2D eigenvalue weighted by Gasteiger charge is 2.18. The van der Waals surface area contributed by atoms with Crippen LogP contribution < -0.4 is 20.7 Å². The standard InChI is InChI=1S/C12H17BrN2O2/c1-4-5-9(15-14)8-6-7-10(16-2)11(13)12(8)17-3/h4,6-7,9,15H,1,5,14H2,2-3H3. The Labute approximate surface area is 110 Å². The first-order valence-electron chi connectivity index (χ1n) is 5.17. The maximum Gasteiger partial charge on any atom is 0.141 e. The van der Waals surface area contributed by atoms with Crippen LogP contribution in [0.25, 0.3) is 0 Å². The number of hydrogen-bond acceptors (Lipinski definition) is 4. The lowest BCUT2D eigenvalue weighted by Gasteiger charge is -2.19. The van der Waals surface area contributed by atoms with Crippen LogP contribution in [0.5, 0.6) is 11.5 Å². The van der Waals surface area contributed by atoms with Crippen LogP contribution in [-0.4, -0.2) is 14.2 Å². The summed E-state index contributed by atoms with van der Waals surface area (Å²) in [5, 5.41) is 0. The molecule has 1 rings (SSSR count). The van der Waals surface area contributed by atoms with Gasteiger partial charge in [0.15, 0.2) is 0 Å².